The summed E-state index contributed by atoms with van der Waals surface area (Å²) >= 11 is 0. The maximum atomic E-state index is 5.66. The van der Waals surface area contributed by atoms with Gasteiger partial charge in [-0.1, -0.05) is 13.8 Å². The number of rotatable bonds is 2. The summed E-state index contributed by atoms with van der Waals surface area (Å²) < 4.78 is 0. The zero-order valence-electron chi connectivity index (χ0n) is 8.57. The maximum Gasteiger partial charge on any atom is 0.135 e. The lowest BCUT2D eigenvalue weighted by molar-refractivity contribution is 0.773. The van der Waals surface area contributed by atoms with Gasteiger partial charge in [0.05, 0.1) is 0 Å². The van der Waals surface area contributed by atoms with Crippen molar-refractivity contribution >= 4 is 11.6 Å². The second kappa shape index (κ2) is 3.60. The van der Waals surface area contributed by atoms with Crippen molar-refractivity contribution in [1.82, 2.24) is 9.97 Å². The molecule has 0 aliphatic heterocycles. The first kappa shape index (κ1) is 9.77. The first-order valence-corrected chi connectivity index (χ1v) is 4.32. The van der Waals surface area contributed by atoms with Crippen molar-refractivity contribution in [2.45, 2.75) is 19.8 Å². The van der Waals surface area contributed by atoms with Crippen LogP contribution in [0.15, 0.2) is 6.07 Å². The summed E-state index contributed by atoms with van der Waals surface area (Å²) in [5.74, 6) is 2.49. The minimum absolute atomic E-state index is 0.308. The summed E-state index contributed by atoms with van der Waals surface area (Å²) in [5.41, 5.74) is 5.66. The van der Waals surface area contributed by atoms with Crippen LogP contribution in [0.3, 0.4) is 0 Å². The zero-order valence-corrected chi connectivity index (χ0v) is 8.57. The Morgan fingerprint density at radius 3 is 2.38 bits per heavy atom. The van der Waals surface area contributed by atoms with E-state index in [1.807, 2.05) is 32.8 Å². The Kier molecular flexibility index (Phi) is 2.70. The monoisotopic (exact) mass is 180 g/mol. The predicted molar refractivity (Wildman–Crippen MR) is 54.9 cm³/mol. The van der Waals surface area contributed by atoms with Gasteiger partial charge in [-0.05, 0) is 0 Å². The molecule has 0 aliphatic rings. The van der Waals surface area contributed by atoms with Crippen LogP contribution in [0.2, 0.25) is 0 Å². The quantitative estimate of drug-likeness (QED) is 0.744. The second-order valence-electron chi connectivity index (χ2n) is 3.56. The summed E-state index contributed by atoms with van der Waals surface area (Å²) in [6.45, 7) is 4.10. The predicted octanol–water partition coefficient (Wildman–Crippen LogP) is 1.25. The van der Waals surface area contributed by atoms with E-state index in [1.165, 1.54) is 0 Å². The summed E-state index contributed by atoms with van der Waals surface area (Å²) in [7, 11) is 3.87. The van der Waals surface area contributed by atoms with Gasteiger partial charge in [0.2, 0.25) is 0 Å². The average Bonchev–Trinajstić information content (AvgIpc) is 2.03. The van der Waals surface area contributed by atoms with Gasteiger partial charge in [0.1, 0.15) is 17.5 Å². The molecule has 0 fully saturated rings. The van der Waals surface area contributed by atoms with Crippen molar-refractivity contribution in [3.63, 3.8) is 0 Å². The molecule has 0 aliphatic carbocycles. The Balaban J connectivity index is 3.11. The van der Waals surface area contributed by atoms with Crippen molar-refractivity contribution in [3.8, 4) is 0 Å². The smallest absolute Gasteiger partial charge is 0.135 e. The van der Waals surface area contributed by atoms with Crippen molar-refractivity contribution in [1.29, 1.82) is 0 Å². The number of nitrogens with zero attached hydrogens (tertiary/aromatic N) is 3. The normalized spacial score (nSPS) is 10.5. The largest absolute Gasteiger partial charge is 0.384 e. The van der Waals surface area contributed by atoms with Crippen molar-refractivity contribution in [2.75, 3.05) is 24.7 Å². The molecule has 1 heterocycles. The third-order valence-corrected chi connectivity index (χ3v) is 1.72. The first-order chi connectivity index (χ1) is 6.00. The van der Waals surface area contributed by atoms with Gasteiger partial charge < -0.3 is 10.6 Å². The molecule has 0 spiro atoms. The van der Waals surface area contributed by atoms with E-state index in [1.54, 1.807) is 6.07 Å². The number of hydrogen-bond acceptors (Lipinski definition) is 4. The van der Waals surface area contributed by atoms with E-state index in [9.17, 15) is 0 Å². The van der Waals surface area contributed by atoms with E-state index in [0.717, 1.165) is 11.6 Å². The standard InChI is InChI=1S/C9H16N4/c1-6(2)9-11-7(10)5-8(12-9)13(3)4/h5-6H,1-4H3,(H2,10,11,12). The highest BCUT2D eigenvalue weighted by molar-refractivity contribution is 5.45. The molecule has 1 rings (SSSR count). The number of aromatic nitrogens is 2. The molecule has 0 amide bonds. The zero-order chi connectivity index (χ0) is 10.0. The number of nitrogens with two attached hydrogens (primary N) is 1. The van der Waals surface area contributed by atoms with Gasteiger partial charge in [0.25, 0.3) is 0 Å². The van der Waals surface area contributed by atoms with Crippen molar-refractivity contribution in [3.05, 3.63) is 11.9 Å². The highest BCUT2D eigenvalue weighted by Crippen LogP contribution is 2.16. The van der Waals surface area contributed by atoms with Crippen LogP contribution in [0.5, 0.6) is 0 Å². The molecule has 0 bridgehead atoms. The van der Waals surface area contributed by atoms with Crippen LogP contribution < -0.4 is 10.6 Å². The number of nitrogen functional groups attached to an aromatic ring is 1. The maximum absolute atomic E-state index is 5.66. The van der Waals surface area contributed by atoms with Gasteiger partial charge in [-0.25, -0.2) is 9.97 Å². The minimum Gasteiger partial charge on any atom is -0.384 e. The van der Waals surface area contributed by atoms with Crippen molar-refractivity contribution < 1.29 is 0 Å². The van der Waals surface area contributed by atoms with Gasteiger partial charge in [-0.3, -0.25) is 0 Å². The molecule has 0 radical (unpaired) electrons. The van der Waals surface area contributed by atoms with Crippen LogP contribution in [0.4, 0.5) is 11.6 Å². The Bertz CT molecular complexity index is 267. The van der Waals surface area contributed by atoms with Crippen LogP contribution in [0.25, 0.3) is 0 Å². The Hall–Kier alpha value is -1.32. The second-order valence-corrected chi connectivity index (χ2v) is 3.56. The van der Waals surface area contributed by atoms with Crippen LogP contribution in [-0.2, 0) is 0 Å². The Morgan fingerprint density at radius 2 is 1.92 bits per heavy atom. The molecule has 0 saturated carbocycles. The van der Waals surface area contributed by atoms with Crippen molar-refractivity contribution in [2.24, 2.45) is 0 Å². The fraction of sp³-hybridized carbons (Fsp3) is 0.556. The SMILES string of the molecule is CC(C)c1nc(N)cc(N(C)C)n1. The third kappa shape index (κ3) is 2.31. The van der Waals surface area contributed by atoms with Crippen LogP contribution in [0, 0.1) is 0 Å². The summed E-state index contributed by atoms with van der Waals surface area (Å²) in [5, 5.41) is 0. The highest BCUT2D eigenvalue weighted by Gasteiger charge is 2.06. The van der Waals surface area contributed by atoms with Gasteiger partial charge >= 0.3 is 0 Å². The molecule has 4 heteroatoms. The highest BCUT2D eigenvalue weighted by atomic mass is 15.2. The lowest BCUT2D eigenvalue weighted by Gasteiger charge is -2.13. The molecule has 0 unspecified atom stereocenters. The van der Waals surface area contributed by atoms with Gasteiger partial charge in [0, 0.05) is 26.1 Å². The molecule has 0 aromatic carbocycles. The van der Waals surface area contributed by atoms with Gasteiger partial charge in [0.15, 0.2) is 0 Å². The summed E-state index contributed by atoms with van der Waals surface area (Å²) in [6, 6.07) is 1.77. The number of hydrogen-bond donors (Lipinski definition) is 1. The molecule has 1 aromatic rings. The lowest BCUT2D eigenvalue weighted by atomic mass is 10.2. The summed E-state index contributed by atoms with van der Waals surface area (Å²) in [4.78, 5) is 10.4. The number of anilines is 2. The topological polar surface area (TPSA) is 55.0 Å². The van der Waals surface area contributed by atoms with E-state index in [0.29, 0.717) is 11.7 Å². The van der Waals surface area contributed by atoms with Crippen LogP contribution in [-0.4, -0.2) is 24.1 Å². The van der Waals surface area contributed by atoms with Gasteiger partial charge in [-0.15, -0.1) is 0 Å². The lowest BCUT2D eigenvalue weighted by Crippen LogP contribution is -2.13. The average molecular weight is 180 g/mol. The molecule has 2 N–H and O–H groups in total. The molecule has 72 valence electrons. The van der Waals surface area contributed by atoms with Crippen LogP contribution in [0.1, 0.15) is 25.6 Å². The minimum atomic E-state index is 0.308. The fourth-order valence-electron chi connectivity index (χ4n) is 0.959. The van der Waals surface area contributed by atoms with E-state index in [4.69, 9.17) is 5.73 Å². The van der Waals surface area contributed by atoms with E-state index < -0.39 is 0 Å². The molecular weight excluding hydrogens is 164 g/mol. The van der Waals surface area contributed by atoms with E-state index in [-0.39, 0.29) is 0 Å². The molecule has 4 nitrogen and oxygen atoms in total. The Morgan fingerprint density at radius 1 is 1.31 bits per heavy atom. The van der Waals surface area contributed by atoms with Crippen LogP contribution >= 0.6 is 0 Å². The molecule has 13 heavy (non-hydrogen) atoms. The molecule has 0 saturated heterocycles. The van der Waals surface area contributed by atoms with E-state index >= 15 is 0 Å². The third-order valence-electron chi connectivity index (χ3n) is 1.72. The van der Waals surface area contributed by atoms with E-state index in [2.05, 4.69) is 9.97 Å². The fourth-order valence-corrected chi connectivity index (χ4v) is 0.959. The Labute approximate surface area is 78.8 Å². The molecule has 0 atom stereocenters. The first-order valence-electron chi connectivity index (χ1n) is 4.32. The molecule has 1 aromatic heterocycles. The van der Waals surface area contributed by atoms with Gasteiger partial charge in [-0.2, -0.15) is 0 Å². The molecular formula is C9H16N4. The summed E-state index contributed by atoms with van der Waals surface area (Å²) in [6.07, 6.45) is 0.